The van der Waals surface area contributed by atoms with Crippen LogP contribution in [0.1, 0.15) is 63.1 Å². The van der Waals surface area contributed by atoms with E-state index in [0.29, 0.717) is 62.3 Å². The number of carboxylic acids is 1. The van der Waals surface area contributed by atoms with Crippen molar-refractivity contribution in [2.75, 3.05) is 63.9 Å². The van der Waals surface area contributed by atoms with E-state index in [1.54, 1.807) is 55.6 Å². The van der Waals surface area contributed by atoms with Crippen molar-refractivity contribution in [3.05, 3.63) is 102 Å². The summed E-state index contributed by atoms with van der Waals surface area (Å²) in [6, 6.07) is 10.9. The number of aromatic nitrogens is 1. The Morgan fingerprint density at radius 1 is 0.716 bits per heavy atom. The van der Waals surface area contributed by atoms with Gasteiger partial charge in [-0.2, -0.15) is 0 Å². The van der Waals surface area contributed by atoms with Gasteiger partial charge in [-0.05, 0) is 74.0 Å². The molecular weight excluding hydrogens is 1180 g/mol. The molecular formula is C59H83N13O14S2. The van der Waals surface area contributed by atoms with Gasteiger partial charge in [-0.15, -0.1) is 0 Å². The molecule has 2 aliphatic rings. The number of aromatic amines is 1. The molecule has 0 radical (unpaired) electrons. The maximum atomic E-state index is 15.0. The predicted octanol–water partition coefficient (Wildman–Crippen LogP) is -1.72. The van der Waals surface area contributed by atoms with Gasteiger partial charge in [0.15, 0.2) is 0 Å². The standard InChI is InChI=1S/C57H79N13O12S2.C2H4O2/c1-3-40-51(76)66-47(57(82)68-49(34(2)72)50(59)75)33-84-83-32-46(67-53(78)43(27-35-11-5-4-6-12-35)61-48(74)31-70-23-21-69(22-24-70)25-26-71)56(81)64-44(28-36-16-18-38(73)19-17-36)54(79)65-45(29-37-30-60-41-14-8-7-13-39(37)41)55(80)63-42(52(77)62-40)15-9-10-20-58;1-2(3)4/h4-8,11-14,16-19,30,34,40,42-47,49,60,71-73H,3,9-10,15,20-29,31-33,58H2,1-2H3,(H2,59,75)(H,61,74)(H,62,77)(H,63,80)(H,64,81)(H,65,79)(H,66,76)(H,67,78)(H,68,82);1H3,(H,3,4). The SMILES string of the molecule is CC(=O)O.CCC1NC(=O)C(CCCCN)NC(=O)C(Cc2c[nH]c3ccccc23)NC(=O)C(Cc2ccc(O)cc2)NC(=O)C(NC(=O)C(Cc2ccccc2)NC(=O)CN2CCN(CCO)CC2)CSSCC(C(=O)NC(C(N)=O)C(C)O)NC1=O. The number of unbranched alkanes of at least 4 members (excludes halogenated alkanes) is 1. The molecule has 0 aliphatic carbocycles. The number of hydrogen-bond donors (Lipinski definition) is 15. The van der Waals surface area contributed by atoms with E-state index < -0.39 is 114 Å². The summed E-state index contributed by atoms with van der Waals surface area (Å²) in [5.74, 6) is -8.74. The number of phenols is 1. The second-order valence-electron chi connectivity index (χ2n) is 21.4. The zero-order valence-electron chi connectivity index (χ0n) is 49.5. The summed E-state index contributed by atoms with van der Waals surface area (Å²) in [4.78, 5) is 145. The number of nitrogens with one attached hydrogen (secondary N) is 9. The molecule has 2 fully saturated rings. The van der Waals surface area contributed by atoms with Crippen molar-refractivity contribution in [3.8, 4) is 5.75 Å². The molecule has 29 heteroatoms. The Balaban J connectivity index is 0.00000342. The molecule has 17 N–H and O–H groups in total. The number of carboxylic acid groups (broad SMARTS) is 1. The minimum atomic E-state index is -1.58. The number of fused-ring (bicyclic) bond motifs is 1. The van der Waals surface area contributed by atoms with Crippen LogP contribution in [0.3, 0.4) is 0 Å². The Labute approximate surface area is 518 Å². The number of carbonyl (C=O) groups excluding carboxylic acids is 9. The summed E-state index contributed by atoms with van der Waals surface area (Å²) in [6.45, 7) is 6.98. The van der Waals surface area contributed by atoms with Crippen molar-refractivity contribution < 1.29 is 68.4 Å². The molecule has 9 amide bonds. The zero-order chi connectivity index (χ0) is 64.3. The van der Waals surface area contributed by atoms with Gasteiger partial charge >= 0.3 is 0 Å². The van der Waals surface area contributed by atoms with Crippen LogP contribution in [0.4, 0.5) is 0 Å². The predicted molar refractivity (Wildman–Crippen MR) is 332 cm³/mol. The van der Waals surface area contributed by atoms with Crippen LogP contribution >= 0.6 is 21.6 Å². The Hall–Kier alpha value is -7.80. The molecule has 3 heterocycles. The smallest absolute Gasteiger partial charge is 0.300 e. The number of aliphatic carboxylic acids is 1. The van der Waals surface area contributed by atoms with Crippen molar-refractivity contribution in [1.29, 1.82) is 0 Å². The highest BCUT2D eigenvalue weighted by Crippen LogP contribution is 2.25. The van der Waals surface area contributed by atoms with Crippen molar-refractivity contribution in [3.63, 3.8) is 0 Å². The Morgan fingerprint density at radius 2 is 1.30 bits per heavy atom. The number of piperazine rings is 1. The Morgan fingerprint density at radius 3 is 1.93 bits per heavy atom. The summed E-state index contributed by atoms with van der Waals surface area (Å²) in [7, 11) is 1.97. The van der Waals surface area contributed by atoms with Gasteiger partial charge in [0.05, 0.1) is 19.3 Å². The lowest BCUT2D eigenvalue weighted by molar-refractivity contribution is -0.136. The lowest BCUT2D eigenvalue weighted by Gasteiger charge is -2.34. The number of H-pyrrole nitrogens is 1. The number of rotatable bonds is 22. The van der Waals surface area contributed by atoms with Crippen LogP contribution in [0.2, 0.25) is 0 Å². The van der Waals surface area contributed by atoms with Crippen LogP contribution in [-0.4, -0.2) is 213 Å². The van der Waals surface area contributed by atoms with Gasteiger partial charge in [0.25, 0.3) is 5.97 Å². The number of nitrogens with two attached hydrogens (primary N) is 2. The molecule has 3 aromatic carbocycles. The number of aliphatic hydroxyl groups excluding tert-OH is 2. The van der Waals surface area contributed by atoms with Crippen molar-refractivity contribution >= 4 is 91.6 Å². The van der Waals surface area contributed by atoms with Crippen molar-refractivity contribution in [1.82, 2.24) is 57.3 Å². The first-order chi connectivity index (χ1) is 42.1. The number of aliphatic hydroxyl groups is 2. The van der Waals surface area contributed by atoms with E-state index in [-0.39, 0.29) is 69.1 Å². The molecule has 0 bridgehead atoms. The maximum absolute atomic E-state index is 15.0. The summed E-state index contributed by atoms with van der Waals surface area (Å²) in [5.41, 5.74) is 13.9. The summed E-state index contributed by atoms with van der Waals surface area (Å²) in [6.07, 6.45) is 0.824. The minimum Gasteiger partial charge on any atom is -0.508 e. The summed E-state index contributed by atoms with van der Waals surface area (Å²) in [5, 5.41) is 60.0. The number of amides is 9. The number of primary amides is 1. The van der Waals surface area contributed by atoms with Crippen LogP contribution in [-0.2, 0) is 67.2 Å². The Bertz CT molecular complexity index is 2970. The van der Waals surface area contributed by atoms with E-state index in [4.69, 9.17) is 21.4 Å². The number of para-hydroxylation sites is 1. The van der Waals surface area contributed by atoms with E-state index >= 15 is 9.59 Å². The first-order valence-corrected chi connectivity index (χ1v) is 31.5. The second kappa shape index (κ2) is 36.5. The largest absolute Gasteiger partial charge is 0.508 e. The number of phenolic OH excluding ortho intramolecular Hbond substituents is 1. The molecule has 27 nitrogen and oxygen atoms in total. The highest BCUT2D eigenvalue weighted by atomic mass is 33.1. The number of hydrogen-bond acceptors (Lipinski definition) is 18. The van der Waals surface area contributed by atoms with Crippen LogP contribution in [0.15, 0.2) is 85.1 Å². The van der Waals surface area contributed by atoms with Crippen molar-refractivity contribution in [2.24, 2.45) is 11.5 Å². The fourth-order valence-electron chi connectivity index (χ4n) is 9.65. The number of β-amino-alcohol motifs (C(OH)–C–C–N with tert-alkyl or cyclic N) is 1. The molecule has 1 aromatic heterocycles. The zero-order valence-corrected chi connectivity index (χ0v) is 51.2. The van der Waals surface area contributed by atoms with Gasteiger partial charge in [0, 0.05) is 87.5 Å². The third-order valence-electron chi connectivity index (χ3n) is 14.5. The van der Waals surface area contributed by atoms with Crippen LogP contribution in [0.25, 0.3) is 10.9 Å². The van der Waals surface area contributed by atoms with Crippen molar-refractivity contribution in [2.45, 2.75) is 120 Å². The van der Waals surface area contributed by atoms with Gasteiger partial charge in [-0.3, -0.25) is 57.7 Å². The molecule has 9 unspecified atom stereocenters. The first kappa shape index (κ1) is 71.0. The van der Waals surface area contributed by atoms with Gasteiger partial charge in [-0.25, -0.2) is 0 Å². The molecule has 2 saturated heterocycles. The van der Waals surface area contributed by atoms with E-state index in [9.17, 15) is 48.9 Å². The van der Waals surface area contributed by atoms with E-state index in [2.05, 4.69) is 52.4 Å². The second-order valence-corrected chi connectivity index (χ2v) is 23.9. The summed E-state index contributed by atoms with van der Waals surface area (Å²) < 4.78 is 0. The maximum Gasteiger partial charge on any atom is 0.300 e. The van der Waals surface area contributed by atoms with Gasteiger partial charge in [-0.1, -0.05) is 89.2 Å². The fraction of sp³-hybridized carbons (Fsp3) is 0.492. The topological polar surface area (TPSA) is 422 Å². The number of carbonyl (C=O) groups is 10. The number of aromatic hydroxyl groups is 1. The number of benzene rings is 3. The minimum absolute atomic E-state index is 0.00114. The first-order valence-electron chi connectivity index (χ1n) is 29.0. The van der Waals surface area contributed by atoms with Gasteiger partial charge in [0.1, 0.15) is 54.1 Å². The third kappa shape index (κ3) is 23.4. The number of nitrogens with zero attached hydrogens (tertiary/aromatic N) is 2. The van der Waals surface area contributed by atoms with Gasteiger partial charge in [0.2, 0.25) is 53.2 Å². The lowest BCUT2D eigenvalue weighted by Crippen LogP contribution is -2.61. The van der Waals surface area contributed by atoms with E-state index in [0.717, 1.165) is 39.4 Å². The highest BCUT2D eigenvalue weighted by molar-refractivity contribution is 8.76. The van der Waals surface area contributed by atoms with Crippen LogP contribution in [0.5, 0.6) is 5.75 Å². The normalized spacial score (nSPS) is 21.5. The molecule has 480 valence electrons. The van der Waals surface area contributed by atoms with Gasteiger partial charge < -0.3 is 79.4 Å². The lowest BCUT2D eigenvalue weighted by atomic mass is 10.0. The molecule has 4 aromatic rings. The molecule has 0 spiro atoms. The monoisotopic (exact) mass is 1260 g/mol. The van der Waals surface area contributed by atoms with E-state index in [1.807, 2.05) is 29.2 Å². The molecule has 2 aliphatic heterocycles. The Kier molecular flexibility index (Phi) is 29.4. The highest BCUT2D eigenvalue weighted by Gasteiger charge is 2.36. The average Bonchev–Trinajstić information content (AvgIpc) is 3.72. The quantitative estimate of drug-likeness (QED) is 0.0307. The third-order valence-corrected chi connectivity index (χ3v) is 16.9. The fourth-order valence-corrected chi connectivity index (χ4v) is 12.0. The van der Waals surface area contributed by atoms with Crippen LogP contribution in [0, 0.1) is 0 Å². The molecule has 6 rings (SSSR count). The molecule has 9 atom stereocenters. The molecule has 88 heavy (non-hydrogen) atoms. The summed E-state index contributed by atoms with van der Waals surface area (Å²) >= 11 is 0. The molecule has 0 saturated carbocycles. The van der Waals surface area contributed by atoms with E-state index in [1.165, 1.54) is 19.1 Å². The van der Waals surface area contributed by atoms with Crippen LogP contribution < -0.4 is 54.0 Å². The average molecular weight is 1260 g/mol.